The van der Waals surface area contributed by atoms with Gasteiger partial charge in [-0.1, -0.05) is 52.5 Å². The summed E-state index contributed by atoms with van der Waals surface area (Å²) in [5.74, 6) is 0. The van der Waals surface area contributed by atoms with E-state index in [-0.39, 0.29) is 0 Å². The van der Waals surface area contributed by atoms with E-state index in [1.807, 2.05) is 0 Å². The molecule has 0 radical (unpaired) electrons. The summed E-state index contributed by atoms with van der Waals surface area (Å²) in [5, 5.41) is 7.32. The Morgan fingerprint density at radius 1 is 1.16 bits per heavy atom. The molecule has 1 aliphatic rings. The van der Waals surface area contributed by atoms with Gasteiger partial charge in [-0.3, -0.25) is 0 Å². The molecule has 0 bridgehead atoms. The van der Waals surface area contributed by atoms with Crippen LogP contribution in [-0.4, -0.2) is 18.6 Å². The Labute approximate surface area is 120 Å². The van der Waals surface area contributed by atoms with Crippen molar-refractivity contribution in [3.8, 4) is 0 Å². The Bertz CT molecular complexity index is 231. The fraction of sp³-hybridized carbons (Fsp3) is 0.882. The molecule has 112 valence electrons. The Morgan fingerprint density at radius 2 is 1.89 bits per heavy atom. The molecule has 2 heteroatoms. The Balaban J connectivity index is 2.10. The Morgan fingerprint density at radius 3 is 2.53 bits per heavy atom. The summed E-state index contributed by atoms with van der Waals surface area (Å²) >= 11 is 0. The molecule has 1 saturated carbocycles. The van der Waals surface area contributed by atoms with E-state index < -0.39 is 0 Å². The van der Waals surface area contributed by atoms with E-state index in [4.69, 9.17) is 0 Å². The molecule has 0 spiro atoms. The lowest BCUT2D eigenvalue weighted by Gasteiger charge is -2.22. The first-order chi connectivity index (χ1) is 9.26. The predicted octanol–water partition coefficient (Wildman–Crippen LogP) is 4.37. The SMILES string of the molecule is C=C(CCCCCC)NC(CC)CNC1CCCC1. The number of allylic oxidation sites excluding steroid dienone is 1. The summed E-state index contributed by atoms with van der Waals surface area (Å²) in [5.41, 5.74) is 1.23. The van der Waals surface area contributed by atoms with Crippen molar-refractivity contribution in [1.29, 1.82) is 0 Å². The summed E-state index contributed by atoms with van der Waals surface area (Å²) < 4.78 is 0. The van der Waals surface area contributed by atoms with Crippen LogP contribution in [0.15, 0.2) is 12.3 Å². The van der Waals surface area contributed by atoms with E-state index >= 15 is 0 Å². The molecule has 1 atom stereocenters. The molecule has 1 aliphatic carbocycles. The minimum atomic E-state index is 0.555. The highest BCUT2D eigenvalue weighted by atomic mass is 15.0. The van der Waals surface area contributed by atoms with Crippen LogP contribution in [0.2, 0.25) is 0 Å². The number of rotatable bonds is 11. The fourth-order valence-electron chi connectivity index (χ4n) is 2.86. The molecular weight excluding hydrogens is 232 g/mol. The fourth-order valence-corrected chi connectivity index (χ4v) is 2.86. The van der Waals surface area contributed by atoms with Crippen LogP contribution in [0.25, 0.3) is 0 Å². The van der Waals surface area contributed by atoms with Crippen LogP contribution < -0.4 is 10.6 Å². The number of hydrogen-bond acceptors (Lipinski definition) is 2. The third-order valence-corrected chi connectivity index (χ3v) is 4.24. The zero-order chi connectivity index (χ0) is 13.9. The zero-order valence-corrected chi connectivity index (χ0v) is 13.1. The van der Waals surface area contributed by atoms with Crippen molar-refractivity contribution in [1.82, 2.24) is 10.6 Å². The molecule has 0 aliphatic heterocycles. The second-order valence-electron chi connectivity index (χ2n) is 6.05. The molecule has 0 heterocycles. The maximum absolute atomic E-state index is 4.18. The molecule has 0 aromatic carbocycles. The third kappa shape index (κ3) is 7.61. The molecule has 1 unspecified atom stereocenters. The summed E-state index contributed by atoms with van der Waals surface area (Å²) in [6.07, 6.45) is 13.2. The molecule has 2 nitrogen and oxygen atoms in total. The van der Waals surface area contributed by atoms with Gasteiger partial charge in [0.05, 0.1) is 0 Å². The highest BCUT2D eigenvalue weighted by molar-refractivity contribution is 4.94. The average molecular weight is 266 g/mol. The maximum Gasteiger partial charge on any atom is 0.0380 e. The highest BCUT2D eigenvalue weighted by Crippen LogP contribution is 2.17. The minimum absolute atomic E-state index is 0.555. The first kappa shape index (κ1) is 16.6. The van der Waals surface area contributed by atoms with E-state index in [0.717, 1.165) is 19.0 Å². The molecule has 0 aromatic heterocycles. The second-order valence-corrected chi connectivity index (χ2v) is 6.05. The van der Waals surface area contributed by atoms with Crippen LogP contribution in [0.4, 0.5) is 0 Å². The van der Waals surface area contributed by atoms with Crippen molar-refractivity contribution in [3.63, 3.8) is 0 Å². The second kappa shape index (κ2) is 10.3. The minimum Gasteiger partial charge on any atom is -0.385 e. The van der Waals surface area contributed by atoms with Gasteiger partial charge in [0.2, 0.25) is 0 Å². The highest BCUT2D eigenvalue weighted by Gasteiger charge is 2.15. The molecule has 1 fully saturated rings. The van der Waals surface area contributed by atoms with Crippen molar-refractivity contribution in [2.45, 2.75) is 90.1 Å². The van der Waals surface area contributed by atoms with Crippen molar-refractivity contribution in [2.24, 2.45) is 0 Å². The molecular formula is C17H34N2. The topological polar surface area (TPSA) is 24.1 Å². The lowest BCUT2D eigenvalue weighted by Crippen LogP contribution is -2.41. The van der Waals surface area contributed by atoms with Crippen LogP contribution in [0.5, 0.6) is 0 Å². The van der Waals surface area contributed by atoms with Gasteiger partial charge in [-0.25, -0.2) is 0 Å². The van der Waals surface area contributed by atoms with E-state index in [2.05, 4.69) is 31.1 Å². The zero-order valence-electron chi connectivity index (χ0n) is 13.1. The Hall–Kier alpha value is -0.500. The van der Waals surface area contributed by atoms with Crippen LogP contribution in [0.3, 0.4) is 0 Å². The predicted molar refractivity (Wildman–Crippen MR) is 85.4 cm³/mol. The quantitative estimate of drug-likeness (QED) is 0.543. The average Bonchev–Trinajstić information content (AvgIpc) is 2.92. The first-order valence-electron chi connectivity index (χ1n) is 8.44. The van der Waals surface area contributed by atoms with Crippen LogP contribution in [-0.2, 0) is 0 Å². The lowest BCUT2D eigenvalue weighted by atomic mass is 10.1. The summed E-state index contributed by atoms with van der Waals surface area (Å²) in [7, 11) is 0. The van der Waals surface area contributed by atoms with Gasteiger partial charge >= 0.3 is 0 Å². The van der Waals surface area contributed by atoms with E-state index in [0.29, 0.717) is 6.04 Å². The molecule has 0 aromatic rings. The number of nitrogens with one attached hydrogen (secondary N) is 2. The van der Waals surface area contributed by atoms with Crippen molar-refractivity contribution in [2.75, 3.05) is 6.54 Å². The van der Waals surface area contributed by atoms with Gasteiger partial charge in [0.15, 0.2) is 0 Å². The third-order valence-electron chi connectivity index (χ3n) is 4.24. The lowest BCUT2D eigenvalue weighted by molar-refractivity contribution is 0.440. The number of hydrogen-bond donors (Lipinski definition) is 2. The van der Waals surface area contributed by atoms with Crippen molar-refractivity contribution in [3.05, 3.63) is 12.3 Å². The van der Waals surface area contributed by atoms with Gasteiger partial charge in [-0.15, -0.1) is 0 Å². The standard InChI is InChI=1S/C17H34N2/c1-4-6-7-8-11-15(3)19-16(5-2)14-18-17-12-9-10-13-17/h16-19H,3-14H2,1-2H3. The van der Waals surface area contributed by atoms with Gasteiger partial charge in [-0.2, -0.15) is 0 Å². The van der Waals surface area contributed by atoms with Gasteiger partial charge in [0.1, 0.15) is 0 Å². The van der Waals surface area contributed by atoms with Gasteiger partial charge in [-0.05, 0) is 32.1 Å². The molecule has 0 amide bonds. The van der Waals surface area contributed by atoms with Crippen molar-refractivity contribution >= 4 is 0 Å². The summed E-state index contributed by atoms with van der Waals surface area (Å²) in [4.78, 5) is 0. The van der Waals surface area contributed by atoms with Gasteiger partial charge in [0.25, 0.3) is 0 Å². The van der Waals surface area contributed by atoms with Gasteiger partial charge in [0, 0.05) is 24.3 Å². The van der Waals surface area contributed by atoms with Crippen LogP contribution in [0, 0.1) is 0 Å². The summed E-state index contributed by atoms with van der Waals surface area (Å²) in [6, 6.07) is 1.33. The van der Waals surface area contributed by atoms with Crippen molar-refractivity contribution < 1.29 is 0 Å². The summed E-state index contributed by atoms with van der Waals surface area (Å²) in [6.45, 7) is 9.79. The van der Waals surface area contributed by atoms with Crippen LogP contribution in [0.1, 0.15) is 78.1 Å². The van der Waals surface area contributed by atoms with E-state index in [1.54, 1.807) is 0 Å². The molecule has 2 N–H and O–H groups in total. The van der Waals surface area contributed by atoms with E-state index in [1.165, 1.54) is 63.5 Å². The molecule has 0 saturated heterocycles. The largest absolute Gasteiger partial charge is 0.385 e. The smallest absolute Gasteiger partial charge is 0.0380 e. The number of unbranched alkanes of at least 4 members (excludes halogenated alkanes) is 3. The monoisotopic (exact) mass is 266 g/mol. The molecule has 19 heavy (non-hydrogen) atoms. The maximum atomic E-state index is 4.18. The van der Waals surface area contributed by atoms with E-state index in [9.17, 15) is 0 Å². The first-order valence-corrected chi connectivity index (χ1v) is 8.44. The Kier molecular flexibility index (Phi) is 8.98. The van der Waals surface area contributed by atoms with Crippen LogP contribution >= 0.6 is 0 Å². The molecule has 1 rings (SSSR count). The normalized spacial score (nSPS) is 17.6. The van der Waals surface area contributed by atoms with Gasteiger partial charge < -0.3 is 10.6 Å².